The molecule has 2 heterocycles. The first kappa shape index (κ1) is 23.8. The largest absolute Gasteiger partial charge is 0.452 e. The molecule has 7 nitrogen and oxygen atoms in total. The number of nitrogens with one attached hydrogen (secondary N) is 1. The van der Waals surface area contributed by atoms with Gasteiger partial charge in [-0.25, -0.2) is 4.98 Å². The molecule has 0 radical (unpaired) electrons. The number of anilines is 1. The van der Waals surface area contributed by atoms with Crippen LogP contribution in [0, 0.1) is 17.2 Å². The van der Waals surface area contributed by atoms with Crippen LogP contribution in [-0.4, -0.2) is 41.6 Å². The van der Waals surface area contributed by atoms with Crippen molar-refractivity contribution in [1.29, 1.82) is 5.26 Å². The van der Waals surface area contributed by atoms with Crippen molar-refractivity contribution in [2.45, 2.75) is 69.7 Å². The summed E-state index contributed by atoms with van der Waals surface area (Å²) in [6, 6.07) is 4.52. The number of nitrogens with zero attached hydrogens (tertiary/aromatic N) is 3. The van der Waals surface area contributed by atoms with Gasteiger partial charge in [-0.2, -0.15) is 18.4 Å². The Morgan fingerprint density at radius 1 is 1.25 bits per heavy atom. The smallest absolute Gasteiger partial charge is 0.417 e. The predicted octanol–water partition coefficient (Wildman–Crippen LogP) is 3.59. The summed E-state index contributed by atoms with van der Waals surface area (Å²) in [5.41, 5.74) is -1.70. The van der Waals surface area contributed by atoms with Crippen LogP contribution >= 0.6 is 0 Å². The summed E-state index contributed by atoms with van der Waals surface area (Å²) < 4.78 is 43.4. The van der Waals surface area contributed by atoms with Gasteiger partial charge in [0, 0.05) is 19.3 Å². The topological polar surface area (TPSA) is 95.3 Å². The molecule has 1 atom stereocenters. The van der Waals surface area contributed by atoms with Gasteiger partial charge in [-0.1, -0.05) is 19.3 Å². The van der Waals surface area contributed by atoms with Crippen LogP contribution in [0.2, 0.25) is 0 Å². The first-order valence-electron chi connectivity index (χ1n) is 10.9. The van der Waals surface area contributed by atoms with Crippen molar-refractivity contribution in [1.82, 2.24) is 10.3 Å². The fraction of sp³-hybridized carbons (Fsp3) is 0.636. The summed E-state index contributed by atoms with van der Waals surface area (Å²) in [6.07, 6.45) is 0.192. The summed E-state index contributed by atoms with van der Waals surface area (Å²) >= 11 is 0. The summed E-state index contributed by atoms with van der Waals surface area (Å²) in [6.45, 7) is 2.37. The molecule has 1 saturated heterocycles. The van der Waals surface area contributed by atoms with E-state index >= 15 is 0 Å². The Bertz CT molecular complexity index is 853. The highest BCUT2D eigenvalue weighted by Crippen LogP contribution is 2.31. The molecule has 1 aromatic heterocycles. The molecule has 10 heteroatoms. The van der Waals surface area contributed by atoms with Gasteiger partial charge in [0.05, 0.1) is 17.6 Å². The van der Waals surface area contributed by atoms with Crippen LogP contribution in [0.5, 0.6) is 0 Å². The number of aromatic nitrogens is 1. The number of esters is 1. The third kappa shape index (κ3) is 5.69. The Labute approximate surface area is 184 Å². The molecule has 3 rings (SSSR count). The highest BCUT2D eigenvalue weighted by atomic mass is 19.4. The minimum absolute atomic E-state index is 0.407. The average Bonchev–Trinajstić information content (AvgIpc) is 2.79. The van der Waals surface area contributed by atoms with Crippen molar-refractivity contribution in [2.24, 2.45) is 5.92 Å². The van der Waals surface area contributed by atoms with E-state index < -0.39 is 41.2 Å². The lowest BCUT2D eigenvalue weighted by atomic mass is 9.82. The molecule has 0 aromatic carbocycles. The summed E-state index contributed by atoms with van der Waals surface area (Å²) in [5.74, 6) is -0.946. The van der Waals surface area contributed by atoms with Crippen LogP contribution in [-0.2, 0) is 20.5 Å². The SMILES string of the molecule is CC(OC(=O)C1CCN(c2ccc(C(F)(F)F)cn2)CC1)C(=O)NC1(C#N)CCCCC1. The lowest BCUT2D eigenvalue weighted by Gasteiger charge is -2.33. The molecule has 1 unspecified atom stereocenters. The van der Waals surface area contributed by atoms with Gasteiger partial charge in [0.2, 0.25) is 0 Å². The second-order valence-corrected chi connectivity index (χ2v) is 8.49. The quantitative estimate of drug-likeness (QED) is 0.686. The maximum absolute atomic E-state index is 12.7. The number of carbonyl (C=O) groups is 2. The number of ether oxygens (including phenoxy) is 1. The number of piperidine rings is 1. The van der Waals surface area contributed by atoms with Crippen LogP contribution in [0.15, 0.2) is 18.3 Å². The third-order valence-corrected chi connectivity index (χ3v) is 6.17. The number of hydrogen-bond donors (Lipinski definition) is 1. The third-order valence-electron chi connectivity index (χ3n) is 6.17. The molecule has 2 aliphatic rings. The van der Waals surface area contributed by atoms with Crippen LogP contribution in [0.25, 0.3) is 0 Å². The maximum Gasteiger partial charge on any atom is 0.417 e. The minimum Gasteiger partial charge on any atom is -0.452 e. The fourth-order valence-electron chi connectivity index (χ4n) is 4.17. The van der Waals surface area contributed by atoms with Crippen molar-refractivity contribution < 1.29 is 27.5 Å². The Morgan fingerprint density at radius 2 is 1.91 bits per heavy atom. The lowest BCUT2D eigenvalue weighted by Crippen LogP contribution is -2.52. The standard InChI is InChI=1S/C22H27F3N4O3/c1-15(19(30)28-21(14-26)9-3-2-4-10-21)32-20(31)16-7-11-29(12-8-16)18-6-5-17(13-27-18)22(23,24)25/h5-6,13,15-16H,2-4,7-12H2,1H3,(H,28,30). The van der Waals surface area contributed by atoms with Gasteiger partial charge in [0.25, 0.3) is 5.91 Å². The van der Waals surface area contributed by atoms with Gasteiger partial charge >= 0.3 is 12.1 Å². The van der Waals surface area contributed by atoms with E-state index in [2.05, 4.69) is 16.4 Å². The predicted molar refractivity (Wildman–Crippen MR) is 109 cm³/mol. The molecule has 174 valence electrons. The Morgan fingerprint density at radius 3 is 2.44 bits per heavy atom. The van der Waals surface area contributed by atoms with E-state index in [1.165, 1.54) is 13.0 Å². The normalized spacial score (nSPS) is 20.2. The second kappa shape index (κ2) is 9.76. The van der Waals surface area contributed by atoms with Gasteiger partial charge in [0.1, 0.15) is 11.4 Å². The van der Waals surface area contributed by atoms with E-state index in [-0.39, 0.29) is 0 Å². The Hall–Kier alpha value is -2.83. The number of alkyl halides is 3. The molecule has 32 heavy (non-hydrogen) atoms. The van der Waals surface area contributed by atoms with Crippen molar-refractivity contribution in [2.75, 3.05) is 18.0 Å². The van der Waals surface area contributed by atoms with E-state index in [4.69, 9.17) is 4.74 Å². The molecular formula is C22H27F3N4O3. The molecule has 1 aliphatic heterocycles. The Balaban J connectivity index is 1.48. The average molecular weight is 452 g/mol. The number of amides is 1. The summed E-state index contributed by atoms with van der Waals surface area (Å²) in [4.78, 5) is 30.7. The van der Waals surface area contributed by atoms with Crippen LogP contribution in [0.1, 0.15) is 57.4 Å². The molecule has 1 aliphatic carbocycles. The van der Waals surface area contributed by atoms with Crippen molar-refractivity contribution in [3.8, 4) is 6.07 Å². The zero-order valence-electron chi connectivity index (χ0n) is 18.0. The zero-order chi connectivity index (χ0) is 23.4. The zero-order valence-corrected chi connectivity index (χ0v) is 18.0. The number of halogens is 3. The minimum atomic E-state index is -4.44. The molecule has 1 saturated carbocycles. The van der Waals surface area contributed by atoms with Gasteiger partial charge in [-0.05, 0) is 44.7 Å². The van der Waals surface area contributed by atoms with E-state index in [0.29, 0.717) is 44.6 Å². The molecular weight excluding hydrogens is 425 g/mol. The molecule has 0 bridgehead atoms. The van der Waals surface area contributed by atoms with E-state index in [9.17, 15) is 28.0 Å². The maximum atomic E-state index is 12.7. The number of rotatable bonds is 5. The van der Waals surface area contributed by atoms with Gasteiger partial charge in [0.15, 0.2) is 6.10 Å². The first-order valence-corrected chi connectivity index (χ1v) is 10.9. The van der Waals surface area contributed by atoms with Crippen molar-refractivity contribution in [3.63, 3.8) is 0 Å². The highest BCUT2D eigenvalue weighted by molar-refractivity contribution is 5.84. The Kier molecular flexibility index (Phi) is 7.26. The van der Waals surface area contributed by atoms with Crippen LogP contribution in [0.3, 0.4) is 0 Å². The van der Waals surface area contributed by atoms with Gasteiger partial charge < -0.3 is 15.0 Å². The fourth-order valence-corrected chi connectivity index (χ4v) is 4.17. The number of hydrogen-bond acceptors (Lipinski definition) is 6. The summed E-state index contributed by atoms with van der Waals surface area (Å²) in [5, 5.41) is 12.3. The van der Waals surface area contributed by atoms with E-state index in [1.807, 2.05) is 4.90 Å². The molecule has 1 aromatic rings. The monoisotopic (exact) mass is 452 g/mol. The van der Waals surface area contributed by atoms with Gasteiger partial charge in [-0.15, -0.1) is 0 Å². The summed E-state index contributed by atoms with van der Waals surface area (Å²) in [7, 11) is 0. The van der Waals surface area contributed by atoms with E-state index in [1.54, 1.807) is 0 Å². The molecule has 0 spiro atoms. The van der Waals surface area contributed by atoms with Crippen LogP contribution < -0.4 is 10.2 Å². The molecule has 1 amide bonds. The van der Waals surface area contributed by atoms with E-state index in [0.717, 1.165) is 31.5 Å². The molecule has 2 fully saturated rings. The van der Waals surface area contributed by atoms with Crippen LogP contribution in [0.4, 0.5) is 19.0 Å². The number of nitriles is 1. The van der Waals surface area contributed by atoms with Crippen molar-refractivity contribution >= 4 is 17.7 Å². The number of carbonyl (C=O) groups excluding carboxylic acids is 2. The second-order valence-electron chi connectivity index (χ2n) is 8.49. The van der Waals surface area contributed by atoms with Crippen molar-refractivity contribution in [3.05, 3.63) is 23.9 Å². The number of pyridine rings is 1. The molecule has 1 N–H and O–H groups in total. The highest BCUT2D eigenvalue weighted by Gasteiger charge is 2.36. The first-order chi connectivity index (χ1) is 15.1. The lowest BCUT2D eigenvalue weighted by molar-refractivity contribution is -0.159. The van der Waals surface area contributed by atoms with Gasteiger partial charge in [-0.3, -0.25) is 9.59 Å².